The molecule has 8 heteroatoms. The number of alkyl halides is 3. The summed E-state index contributed by atoms with van der Waals surface area (Å²) in [5, 5.41) is 5.59. The molecule has 0 spiro atoms. The Morgan fingerprint density at radius 3 is 2.62 bits per heavy atom. The summed E-state index contributed by atoms with van der Waals surface area (Å²) < 4.78 is 38.3. The first kappa shape index (κ1) is 16.6. The standard InChI is InChI=1S/C16H13ClF3N3O/c17-12-4-1-10(16(18,19)20)8-13(12)23-15(24)9-5-6-21-14(7-9)22-11-2-3-11/h1,4-8,11H,2-3H2,(H,21,22)(H,23,24). The first-order valence-corrected chi connectivity index (χ1v) is 7.61. The van der Waals surface area contributed by atoms with Crippen LogP contribution in [0.3, 0.4) is 0 Å². The first-order valence-electron chi connectivity index (χ1n) is 7.23. The summed E-state index contributed by atoms with van der Waals surface area (Å²) in [6.45, 7) is 0. The molecule has 4 nitrogen and oxygen atoms in total. The smallest absolute Gasteiger partial charge is 0.367 e. The maximum Gasteiger partial charge on any atom is 0.416 e. The van der Waals surface area contributed by atoms with Crippen molar-refractivity contribution in [2.24, 2.45) is 0 Å². The molecule has 2 N–H and O–H groups in total. The summed E-state index contributed by atoms with van der Waals surface area (Å²) in [6, 6.07) is 6.18. The quantitative estimate of drug-likeness (QED) is 0.844. The number of hydrogen-bond acceptors (Lipinski definition) is 3. The van der Waals surface area contributed by atoms with Crippen molar-refractivity contribution in [3.8, 4) is 0 Å². The molecule has 1 saturated carbocycles. The number of nitrogens with one attached hydrogen (secondary N) is 2. The third kappa shape index (κ3) is 3.97. The Morgan fingerprint density at radius 2 is 1.96 bits per heavy atom. The molecule has 0 atom stereocenters. The Morgan fingerprint density at radius 1 is 1.21 bits per heavy atom. The highest BCUT2D eigenvalue weighted by Crippen LogP contribution is 2.34. The Balaban J connectivity index is 1.79. The van der Waals surface area contributed by atoms with E-state index in [-0.39, 0.29) is 16.3 Å². The van der Waals surface area contributed by atoms with E-state index >= 15 is 0 Å². The lowest BCUT2D eigenvalue weighted by Gasteiger charge is -2.12. The molecule has 24 heavy (non-hydrogen) atoms. The van der Waals surface area contributed by atoms with E-state index in [2.05, 4.69) is 15.6 Å². The minimum Gasteiger partial charge on any atom is -0.367 e. The van der Waals surface area contributed by atoms with E-state index in [1.54, 1.807) is 6.07 Å². The summed E-state index contributed by atoms with van der Waals surface area (Å²) in [6.07, 6.45) is -0.939. The molecule has 1 heterocycles. The second kappa shape index (κ2) is 6.32. The summed E-state index contributed by atoms with van der Waals surface area (Å²) in [7, 11) is 0. The number of hydrogen-bond donors (Lipinski definition) is 2. The van der Waals surface area contributed by atoms with E-state index < -0.39 is 17.6 Å². The van der Waals surface area contributed by atoms with Crippen molar-refractivity contribution in [2.45, 2.75) is 25.1 Å². The highest BCUT2D eigenvalue weighted by molar-refractivity contribution is 6.34. The van der Waals surface area contributed by atoms with Crippen LogP contribution in [-0.2, 0) is 6.18 Å². The minimum absolute atomic E-state index is 0.0294. The van der Waals surface area contributed by atoms with Gasteiger partial charge in [-0.1, -0.05) is 11.6 Å². The molecule has 0 unspecified atom stereocenters. The minimum atomic E-state index is -4.51. The molecule has 3 rings (SSSR count). The number of rotatable bonds is 4. The maximum absolute atomic E-state index is 12.8. The number of halogens is 4. The van der Waals surface area contributed by atoms with E-state index in [1.165, 1.54) is 12.3 Å². The van der Waals surface area contributed by atoms with Gasteiger partial charge >= 0.3 is 6.18 Å². The molecule has 1 aromatic carbocycles. The van der Waals surface area contributed by atoms with Crippen LogP contribution in [-0.4, -0.2) is 16.9 Å². The maximum atomic E-state index is 12.8. The Labute approximate surface area is 141 Å². The molecule has 0 saturated heterocycles. The number of amides is 1. The zero-order valence-corrected chi connectivity index (χ0v) is 13.1. The molecular weight excluding hydrogens is 343 g/mol. The molecule has 1 amide bonds. The molecule has 1 aromatic heterocycles. The highest BCUT2D eigenvalue weighted by atomic mass is 35.5. The Kier molecular flexibility index (Phi) is 4.36. The average Bonchev–Trinajstić information content (AvgIpc) is 3.32. The molecule has 2 aromatic rings. The van der Waals surface area contributed by atoms with Gasteiger partial charge in [-0.25, -0.2) is 4.98 Å². The fourth-order valence-electron chi connectivity index (χ4n) is 2.08. The normalized spacial score (nSPS) is 14.3. The Bertz CT molecular complexity index is 775. The zero-order chi connectivity index (χ0) is 17.3. The van der Waals surface area contributed by atoms with Crippen molar-refractivity contribution in [3.63, 3.8) is 0 Å². The van der Waals surface area contributed by atoms with Gasteiger partial charge in [0.15, 0.2) is 0 Å². The third-order valence-electron chi connectivity index (χ3n) is 3.49. The lowest BCUT2D eigenvalue weighted by Crippen LogP contribution is -2.14. The van der Waals surface area contributed by atoms with Gasteiger partial charge in [0, 0.05) is 17.8 Å². The lowest BCUT2D eigenvalue weighted by molar-refractivity contribution is -0.137. The number of carbonyl (C=O) groups excluding carboxylic acids is 1. The summed E-state index contributed by atoms with van der Waals surface area (Å²) in [4.78, 5) is 16.4. The van der Waals surface area contributed by atoms with Crippen LogP contribution in [0.2, 0.25) is 5.02 Å². The van der Waals surface area contributed by atoms with Gasteiger partial charge in [-0.3, -0.25) is 4.79 Å². The van der Waals surface area contributed by atoms with E-state index in [1.807, 2.05) is 0 Å². The van der Waals surface area contributed by atoms with Crippen LogP contribution in [0.25, 0.3) is 0 Å². The zero-order valence-electron chi connectivity index (χ0n) is 12.3. The fourth-order valence-corrected chi connectivity index (χ4v) is 2.24. The topological polar surface area (TPSA) is 54.0 Å². The van der Waals surface area contributed by atoms with Crippen molar-refractivity contribution in [2.75, 3.05) is 10.6 Å². The van der Waals surface area contributed by atoms with Gasteiger partial charge in [0.2, 0.25) is 0 Å². The molecule has 0 aliphatic heterocycles. The van der Waals surface area contributed by atoms with Crippen LogP contribution in [0.15, 0.2) is 36.5 Å². The number of anilines is 2. The predicted molar refractivity (Wildman–Crippen MR) is 85.3 cm³/mol. The van der Waals surface area contributed by atoms with Crippen molar-refractivity contribution in [1.82, 2.24) is 4.98 Å². The average molecular weight is 356 g/mol. The molecule has 126 valence electrons. The fraction of sp³-hybridized carbons (Fsp3) is 0.250. The predicted octanol–water partition coefficient (Wildman–Crippen LogP) is 4.58. The SMILES string of the molecule is O=C(Nc1cc(C(F)(F)F)ccc1Cl)c1ccnc(NC2CC2)c1. The second-order valence-corrected chi connectivity index (χ2v) is 5.90. The number of carbonyl (C=O) groups is 1. The molecule has 1 aliphatic rings. The van der Waals surface area contributed by atoms with Crippen LogP contribution >= 0.6 is 11.6 Å². The van der Waals surface area contributed by atoms with E-state index in [0.717, 1.165) is 31.0 Å². The van der Waals surface area contributed by atoms with Crippen LogP contribution in [0.5, 0.6) is 0 Å². The van der Waals surface area contributed by atoms with Crippen molar-refractivity contribution in [3.05, 3.63) is 52.7 Å². The van der Waals surface area contributed by atoms with Gasteiger partial charge < -0.3 is 10.6 Å². The number of aromatic nitrogens is 1. The van der Waals surface area contributed by atoms with E-state index in [0.29, 0.717) is 11.9 Å². The monoisotopic (exact) mass is 355 g/mol. The Hall–Kier alpha value is -2.28. The van der Waals surface area contributed by atoms with Crippen LogP contribution < -0.4 is 10.6 Å². The van der Waals surface area contributed by atoms with Gasteiger partial charge in [-0.2, -0.15) is 13.2 Å². The van der Waals surface area contributed by atoms with Crippen LogP contribution in [0.1, 0.15) is 28.8 Å². The van der Waals surface area contributed by atoms with Gasteiger partial charge in [0.1, 0.15) is 5.82 Å². The number of pyridine rings is 1. The third-order valence-corrected chi connectivity index (χ3v) is 3.82. The highest BCUT2D eigenvalue weighted by Gasteiger charge is 2.31. The molecular formula is C16H13ClF3N3O. The summed E-state index contributed by atoms with van der Waals surface area (Å²) in [5.74, 6) is -0.00207. The van der Waals surface area contributed by atoms with Gasteiger partial charge in [-0.05, 0) is 43.2 Å². The second-order valence-electron chi connectivity index (χ2n) is 5.49. The first-order chi connectivity index (χ1) is 11.3. The number of nitrogens with zero attached hydrogens (tertiary/aromatic N) is 1. The molecule has 1 fully saturated rings. The van der Waals surface area contributed by atoms with Crippen LogP contribution in [0, 0.1) is 0 Å². The molecule has 0 radical (unpaired) electrons. The lowest BCUT2D eigenvalue weighted by atomic mass is 10.1. The van der Waals surface area contributed by atoms with E-state index in [9.17, 15) is 18.0 Å². The van der Waals surface area contributed by atoms with Crippen LogP contribution in [0.4, 0.5) is 24.7 Å². The largest absolute Gasteiger partial charge is 0.416 e. The summed E-state index contributed by atoms with van der Waals surface area (Å²) >= 11 is 5.88. The molecule has 1 aliphatic carbocycles. The van der Waals surface area contributed by atoms with Gasteiger partial charge in [0.25, 0.3) is 5.91 Å². The number of benzene rings is 1. The van der Waals surface area contributed by atoms with Gasteiger partial charge in [-0.15, -0.1) is 0 Å². The van der Waals surface area contributed by atoms with Crippen molar-refractivity contribution >= 4 is 29.0 Å². The van der Waals surface area contributed by atoms with Crippen molar-refractivity contribution in [1.29, 1.82) is 0 Å². The summed E-state index contributed by atoms with van der Waals surface area (Å²) in [5.41, 5.74) is -0.695. The van der Waals surface area contributed by atoms with Crippen molar-refractivity contribution < 1.29 is 18.0 Å². The van der Waals surface area contributed by atoms with E-state index in [4.69, 9.17) is 11.6 Å². The van der Waals surface area contributed by atoms with Gasteiger partial charge in [0.05, 0.1) is 16.3 Å². The molecule has 0 bridgehead atoms.